The maximum atomic E-state index is 15.9. The van der Waals surface area contributed by atoms with Gasteiger partial charge < -0.3 is 28.1 Å². The fourth-order valence-electron chi connectivity index (χ4n) is 5.44. The molecule has 2 saturated heterocycles. The van der Waals surface area contributed by atoms with Gasteiger partial charge in [0.25, 0.3) is 0 Å². The Balaban J connectivity index is 1.34. The fourth-order valence-corrected chi connectivity index (χ4v) is 5.44. The van der Waals surface area contributed by atoms with E-state index < -0.39 is 42.2 Å². The van der Waals surface area contributed by atoms with Crippen LogP contribution in [0, 0.1) is 18.6 Å². The third-order valence-electron chi connectivity index (χ3n) is 8.53. The molecule has 13 heteroatoms. The highest BCUT2D eigenvalue weighted by molar-refractivity contribution is 6.62. The van der Waals surface area contributed by atoms with Crippen LogP contribution in [0.25, 0.3) is 22.6 Å². The number of aromatic nitrogens is 4. The van der Waals surface area contributed by atoms with Crippen molar-refractivity contribution < 1.29 is 32.4 Å². The molecular weight excluding hydrogens is 559 g/mol. The van der Waals surface area contributed by atoms with Crippen LogP contribution in [0.15, 0.2) is 42.9 Å². The second kappa shape index (κ2) is 10.7. The summed E-state index contributed by atoms with van der Waals surface area (Å²) in [6, 6.07) is 6.21. The predicted octanol–water partition coefficient (Wildman–Crippen LogP) is 4.08. The summed E-state index contributed by atoms with van der Waals surface area (Å²) in [6.45, 7) is 10.7. The van der Waals surface area contributed by atoms with E-state index in [1.807, 2.05) is 52.9 Å². The molecule has 0 bridgehead atoms. The van der Waals surface area contributed by atoms with E-state index >= 15 is 8.78 Å². The lowest BCUT2D eigenvalue weighted by Gasteiger charge is -2.32. The quantitative estimate of drug-likeness (QED) is 0.322. The highest BCUT2D eigenvalue weighted by Crippen LogP contribution is 2.37. The molecule has 0 radical (unpaired) electrons. The van der Waals surface area contributed by atoms with Crippen molar-refractivity contribution in [3.8, 4) is 16.9 Å². The number of imidazole rings is 1. The van der Waals surface area contributed by atoms with E-state index in [4.69, 9.17) is 18.8 Å². The molecule has 43 heavy (non-hydrogen) atoms. The number of hydrogen-bond acceptors (Lipinski definition) is 7. The molecule has 1 amide bonds. The monoisotopic (exact) mass is 593 g/mol. The van der Waals surface area contributed by atoms with Crippen LogP contribution in [0.3, 0.4) is 0 Å². The molecule has 0 N–H and O–H groups in total. The number of benzene rings is 1. The molecule has 10 nitrogen and oxygen atoms in total. The Kier molecular flexibility index (Phi) is 7.30. The van der Waals surface area contributed by atoms with Gasteiger partial charge in [-0.1, -0.05) is 0 Å². The Morgan fingerprint density at radius 1 is 1.14 bits per heavy atom. The van der Waals surface area contributed by atoms with Crippen LogP contribution in [0.4, 0.5) is 13.6 Å². The number of ether oxygens (including phenoxy) is 2. The highest BCUT2D eigenvalue weighted by atomic mass is 19.1. The molecule has 1 aromatic carbocycles. The van der Waals surface area contributed by atoms with Crippen molar-refractivity contribution in [1.82, 2.24) is 24.1 Å². The molecule has 226 valence electrons. The van der Waals surface area contributed by atoms with Gasteiger partial charge >= 0.3 is 13.2 Å². The van der Waals surface area contributed by atoms with E-state index in [1.165, 1.54) is 23.9 Å². The van der Waals surface area contributed by atoms with Crippen LogP contribution >= 0.6 is 0 Å². The number of hydrogen-bond donors (Lipinski definition) is 0. The molecule has 0 aliphatic carbocycles. The van der Waals surface area contributed by atoms with Crippen LogP contribution in [0.5, 0.6) is 0 Å². The maximum absolute atomic E-state index is 15.9. The van der Waals surface area contributed by atoms with Crippen LogP contribution in [0.2, 0.25) is 0 Å². The van der Waals surface area contributed by atoms with Crippen molar-refractivity contribution in [2.75, 3.05) is 26.8 Å². The average molecular weight is 593 g/mol. The van der Waals surface area contributed by atoms with Crippen molar-refractivity contribution in [3.63, 3.8) is 0 Å². The summed E-state index contributed by atoms with van der Waals surface area (Å²) in [5, 5.41) is 4.32. The molecule has 5 heterocycles. The van der Waals surface area contributed by atoms with Crippen LogP contribution < -0.4 is 5.46 Å². The SMILES string of the molecule is COC(=O)N1CCO[C@@H](Cc2c(-c3c(F)cc(-n4cc(B5OC(C)(C)C(C)(C)O5)cn4)cc3F)nc3cc(C)ccn23)C1. The molecule has 0 spiro atoms. The van der Waals surface area contributed by atoms with Gasteiger partial charge in [-0.2, -0.15) is 5.10 Å². The van der Waals surface area contributed by atoms with Gasteiger partial charge in [0.1, 0.15) is 17.3 Å². The summed E-state index contributed by atoms with van der Waals surface area (Å²) in [7, 11) is 0.670. The molecule has 0 unspecified atom stereocenters. The second-order valence-electron chi connectivity index (χ2n) is 12.0. The number of amides is 1. The van der Waals surface area contributed by atoms with Gasteiger partial charge in [-0.15, -0.1) is 0 Å². The number of fused-ring (bicyclic) bond motifs is 1. The summed E-state index contributed by atoms with van der Waals surface area (Å²) in [5.74, 6) is -1.57. The van der Waals surface area contributed by atoms with Gasteiger partial charge in [0.15, 0.2) is 0 Å². The number of aryl methyl sites for hydroxylation is 1. The van der Waals surface area contributed by atoms with Crippen molar-refractivity contribution in [2.45, 2.75) is 58.3 Å². The number of carbonyl (C=O) groups is 1. The zero-order chi connectivity index (χ0) is 30.7. The number of methoxy groups -OCH3 is 1. The first kappa shape index (κ1) is 29.3. The van der Waals surface area contributed by atoms with E-state index in [9.17, 15) is 4.79 Å². The van der Waals surface area contributed by atoms with Crippen molar-refractivity contribution in [2.24, 2.45) is 0 Å². The van der Waals surface area contributed by atoms with Crippen LogP contribution in [-0.4, -0.2) is 81.4 Å². The Bertz CT molecular complexity index is 1660. The van der Waals surface area contributed by atoms with E-state index in [2.05, 4.69) is 10.1 Å². The number of rotatable bonds is 5. The third-order valence-corrected chi connectivity index (χ3v) is 8.53. The number of morpholine rings is 1. The molecule has 1 atom stereocenters. The highest BCUT2D eigenvalue weighted by Gasteiger charge is 2.52. The molecule has 2 aliphatic rings. The lowest BCUT2D eigenvalue weighted by atomic mass is 9.82. The Morgan fingerprint density at radius 3 is 2.51 bits per heavy atom. The van der Waals surface area contributed by atoms with E-state index in [0.717, 1.165) is 5.56 Å². The van der Waals surface area contributed by atoms with E-state index in [1.54, 1.807) is 21.7 Å². The normalized spacial score (nSPS) is 19.8. The first-order valence-electron chi connectivity index (χ1n) is 14.2. The van der Waals surface area contributed by atoms with E-state index in [-0.39, 0.29) is 29.9 Å². The van der Waals surface area contributed by atoms with Crippen molar-refractivity contribution in [1.29, 1.82) is 0 Å². The zero-order valence-corrected chi connectivity index (χ0v) is 25.1. The molecule has 3 aromatic heterocycles. The molecule has 6 rings (SSSR count). The lowest BCUT2D eigenvalue weighted by Crippen LogP contribution is -2.46. The van der Waals surface area contributed by atoms with E-state index in [0.29, 0.717) is 30.0 Å². The maximum Gasteiger partial charge on any atom is 0.498 e. The zero-order valence-electron chi connectivity index (χ0n) is 25.1. The number of pyridine rings is 1. The minimum absolute atomic E-state index is 0.171. The molecular formula is C30H34BF2N5O5. The average Bonchev–Trinajstić information content (AvgIpc) is 3.62. The van der Waals surface area contributed by atoms with Gasteiger partial charge in [0, 0.05) is 49.2 Å². The van der Waals surface area contributed by atoms with Crippen molar-refractivity contribution >= 4 is 24.3 Å². The lowest BCUT2D eigenvalue weighted by molar-refractivity contribution is -0.0241. The minimum Gasteiger partial charge on any atom is -0.453 e. The summed E-state index contributed by atoms with van der Waals surface area (Å²) in [6.07, 6.45) is 4.43. The smallest absolute Gasteiger partial charge is 0.453 e. The van der Waals surface area contributed by atoms with Crippen molar-refractivity contribution in [3.05, 3.63) is 65.7 Å². The summed E-state index contributed by atoms with van der Waals surface area (Å²) in [5.41, 5.74) is 1.75. The predicted molar refractivity (Wildman–Crippen MR) is 156 cm³/mol. The Hall–Kier alpha value is -3.81. The van der Waals surface area contributed by atoms with Gasteiger partial charge in [0.2, 0.25) is 0 Å². The fraction of sp³-hybridized carbons (Fsp3) is 0.433. The number of nitrogens with zero attached hydrogens (tertiary/aromatic N) is 5. The Labute approximate surface area is 248 Å². The third kappa shape index (κ3) is 5.30. The first-order valence-corrected chi connectivity index (χ1v) is 14.2. The largest absolute Gasteiger partial charge is 0.498 e. The number of halogens is 2. The standard InChI is InChI=1S/C30H34BF2N5O5/c1-18-7-8-37-24(14-21-17-36(9-10-41-21)28(39)40-6)27(35-25(37)11-18)26-22(32)12-20(13-23(26)33)38-16-19(15-34-38)31-42-29(2,3)30(4,5)43-31/h7-8,11-13,15-16,21H,9-10,14,17H2,1-6H3/t21-/m0/s1. The van der Waals surface area contributed by atoms with Gasteiger partial charge in [-0.05, 0) is 52.3 Å². The molecule has 2 fully saturated rings. The van der Waals surface area contributed by atoms with Crippen LogP contribution in [-0.2, 0) is 25.2 Å². The van der Waals surface area contributed by atoms with Gasteiger partial charge in [-0.3, -0.25) is 0 Å². The summed E-state index contributed by atoms with van der Waals surface area (Å²) >= 11 is 0. The van der Waals surface area contributed by atoms with Gasteiger partial charge in [-0.25, -0.2) is 23.2 Å². The summed E-state index contributed by atoms with van der Waals surface area (Å²) in [4.78, 5) is 18.3. The van der Waals surface area contributed by atoms with Gasteiger partial charge in [0.05, 0.1) is 60.2 Å². The number of carbonyl (C=O) groups excluding carboxylic acids is 1. The second-order valence-corrected chi connectivity index (χ2v) is 12.0. The molecule has 2 aliphatic heterocycles. The van der Waals surface area contributed by atoms with Crippen LogP contribution in [0.1, 0.15) is 39.0 Å². The molecule has 0 saturated carbocycles. The summed E-state index contributed by atoms with van der Waals surface area (Å²) < 4.78 is 58.0. The molecule has 4 aromatic rings. The Morgan fingerprint density at radius 2 is 1.84 bits per heavy atom. The topological polar surface area (TPSA) is 92.3 Å². The first-order chi connectivity index (χ1) is 20.4. The minimum atomic E-state index is -0.787.